The summed E-state index contributed by atoms with van der Waals surface area (Å²) in [6.07, 6.45) is 2.21. The normalized spacial score (nSPS) is 21.9. The number of guanidine groups is 1. The highest BCUT2D eigenvalue weighted by molar-refractivity contribution is 7.11. The molecule has 1 aliphatic heterocycles. The number of amides is 1. The van der Waals surface area contributed by atoms with E-state index in [4.69, 9.17) is 9.47 Å². The zero-order chi connectivity index (χ0) is 21.8. The fourth-order valence-electron chi connectivity index (χ4n) is 3.35. The average molecular weight is 426 g/mol. The van der Waals surface area contributed by atoms with Crippen molar-refractivity contribution < 1.29 is 14.3 Å². The Hall–Kier alpha value is -1.87. The number of hydrogen-bond acceptors (Lipinski definition) is 6. The van der Waals surface area contributed by atoms with Gasteiger partial charge in [0, 0.05) is 37.6 Å². The first kappa shape index (κ1) is 23.4. The van der Waals surface area contributed by atoms with Crippen LogP contribution in [0, 0.1) is 6.92 Å². The van der Waals surface area contributed by atoms with Gasteiger partial charge in [0.1, 0.15) is 11.3 Å². The molecule has 0 aliphatic carbocycles. The Balaban J connectivity index is 1.95. The lowest BCUT2D eigenvalue weighted by Gasteiger charge is -2.35. The first-order valence-corrected chi connectivity index (χ1v) is 10.8. The molecule has 0 saturated carbocycles. The highest BCUT2D eigenvalue weighted by Gasteiger charge is 2.49. The summed E-state index contributed by atoms with van der Waals surface area (Å²) in [6.45, 7) is 14.6. The molecule has 2 atom stereocenters. The summed E-state index contributed by atoms with van der Waals surface area (Å²) in [4.78, 5) is 24.4. The third-order valence-electron chi connectivity index (χ3n) is 4.52. The Morgan fingerprint density at radius 3 is 2.66 bits per heavy atom. The van der Waals surface area contributed by atoms with Crippen LogP contribution in [0.25, 0.3) is 0 Å². The molecule has 1 fully saturated rings. The Bertz CT molecular complexity index is 726. The van der Waals surface area contributed by atoms with Crippen molar-refractivity contribution in [2.45, 2.75) is 78.4 Å². The molecular weight excluding hydrogens is 390 g/mol. The third kappa shape index (κ3) is 6.57. The van der Waals surface area contributed by atoms with E-state index >= 15 is 0 Å². The lowest BCUT2D eigenvalue weighted by Crippen LogP contribution is -2.54. The summed E-state index contributed by atoms with van der Waals surface area (Å²) >= 11 is 1.70. The molecule has 1 aliphatic rings. The van der Waals surface area contributed by atoms with Gasteiger partial charge >= 0.3 is 6.09 Å². The minimum atomic E-state index is -0.742. The van der Waals surface area contributed by atoms with Crippen LogP contribution in [0.4, 0.5) is 4.79 Å². The maximum atomic E-state index is 12.8. The van der Waals surface area contributed by atoms with E-state index in [1.807, 2.05) is 47.7 Å². The van der Waals surface area contributed by atoms with Gasteiger partial charge in [-0.3, -0.25) is 9.89 Å². The number of aromatic nitrogens is 1. The van der Waals surface area contributed by atoms with Gasteiger partial charge in [-0.05, 0) is 48.5 Å². The molecule has 8 nitrogen and oxygen atoms in total. The van der Waals surface area contributed by atoms with Crippen molar-refractivity contribution in [3.05, 3.63) is 16.1 Å². The van der Waals surface area contributed by atoms with Crippen LogP contribution in [-0.2, 0) is 15.9 Å². The molecule has 2 rings (SSSR count). The monoisotopic (exact) mass is 425 g/mol. The molecule has 29 heavy (non-hydrogen) atoms. The summed E-state index contributed by atoms with van der Waals surface area (Å²) in [6, 6.07) is -0.181. The molecule has 0 radical (unpaired) electrons. The molecule has 0 aromatic carbocycles. The third-order valence-corrected chi connectivity index (χ3v) is 5.49. The number of carbonyl (C=O) groups is 1. The maximum Gasteiger partial charge on any atom is 0.412 e. The summed E-state index contributed by atoms with van der Waals surface area (Å²) < 4.78 is 11.6. The number of carbonyl (C=O) groups excluding carboxylic acids is 1. The fourth-order valence-corrected chi connectivity index (χ4v) is 4.14. The molecule has 2 unspecified atom stereocenters. The van der Waals surface area contributed by atoms with E-state index in [-0.39, 0.29) is 18.2 Å². The Morgan fingerprint density at radius 2 is 2.10 bits per heavy atom. The van der Waals surface area contributed by atoms with Crippen LogP contribution in [-0.4, -0.2) is 65.5 Å². The first-order chi connectivity index (χ1) is 13.4. The molecular formula is C20H35N5O3S. The van der Waals surface area contributed by atoms with E-state index in [1.165, 1.54) is 4.88 Å². The van der Waals surface area contributed by atoms with Crippen LogP contribution in [0.15, 0.2) is 11.2 Å². The molecule has 1 saturated heterocycles. The van der Waals surface area contributed by atoms with E-state index in [2.05, 4.69) is 27.5 Å². The van der Waals surface area contributed by atoms with Crippen LogP contribution in [0.3, 0.4) is 0 Å². The SMILES string of the molecule is CN=C(NCCc1ncc(C)s1)NCC1C(C)OC(C)(C)N1C(=O)OC(C)(C)C. The van der Waals surface area contributed by atoms with Crippen molar-refractivity contribution in [1.29, 1.82) is 0 Å². The quantitative estimate of drug-likeness (QED) is 0.557. The summed E-state index contributed by atoms with van der Waals surface area (Å²) in [5, 5.41) is 7.71. The van der Waals surface area contributed by atoms with Crippen molar-refractivity contribution >= 4 is 23.4 Å². The minimum absolute atomic E-state index is 0.138. The van der Waals surface area contributed by atoms with Gasteiger partial charge in [-0.2, -0.15) is 0 Å². The van der Waals surface area contributed by atoms with Crippen LogP contribution in [0.5, 0.6) is 0 Å². The number of rotatable bonds is 5. The van der Waals surface area contributed by atoms with Crippen molar-refractivity contribution in [3.8, 4) is 0 Å². The zero-order valence-corrected chi connectivity index (χ0v) is 19.6. The van der Waals surface area contributed by atoms with E-state index in [1.54, 1.807) is 23.3 Å². The molecule has 0 spiro atoms. The van der Waals surface area contributed by atoms with E-state index in [0.717, 1.165) is 18.0 Å². The van der Waals surface area contributed by atoms with Gasteiger partial charge in [0.25, 0.3) is 0 Å². The van der Waals surface area contributed by atoms with Gasteiger partial charge in [0.15, 0.2) is 5.96 Å². The Kier molecular flexibility index (Phi) is 7.50. The van der Waals surface area contributed by atoms with Crippen molar-refractivity contribution in [2.75, 3.05) is 20.1 Å². The Morgan fingerprint density at radius 1 is 1.41 bits per heavy atom. The minimum Gasteiger partial charge on any atom is -0.444 e. The maximum absolute atomic E-state index is 12.8. The van der Waals surface area contributed by atoms with E-state index < -0.39 is 11.3 Å². The van der Waals surface area contributed by atoms with Gasteiger partial charge in [-0.15, -0.1) is 11.3 Å². The van der Waals surface area contributed by atoms with E-state index in [9.17, 15) is 4.79 Å². The second kappa shape index (κ2) is 9.30. The highest BCUT2D eigenvalue weighted by Crippen LogP contribution is 2.33. The number of ether oxygens (including phenoxy) is 2. The molecule has 1 aromatic rings. The van der Waals surface area contributed by atoms with Gasteiger partial charge in [-0.25, -0.2) is 9.78 Å². The smallest absolute Gasteiger partial charge is 0.412 e. The van der Waals surface area contributed by atoms with Gasteiger partial charge in [-0.1, -0.05) is 0 Å². The van der Waals surface area contributed by atoms with Gasteiger partial charge in [0.2, 0.25) is 0 Å². The predicted molar refractivity (Wildman–Crippen MR) is 116 cm³/mol. The lowest BCUT2D eigenvalue weighted by atomic mass is 10.1. The predicted octanol–water partition coefficient (Wildman–Crippen LogP) is 2.92. The van der Waals surface area contributed by atoms with E-state index in [0.29, 0.717) is 12.5 Å². The number of hydrogen-bond donors (Lipinski definition) is 2. The molecule has 9 heteroatoms. The first-order valence-electron chi connectivity index (χ1n) is 9.99. The van der Waals surface area contributed by atoms with Crippen LogP contribution >= 0.6 is 11.3 Å². The standard InChI is InChI=1S/C20H35N5O3S/c1-13-11-23-16(29-13)9-10-22-17(21-8)24-12-15-14(2)27-20(6,7)25(15)18(26)28-19(3,4)5/h11,14-15H,9-10,12H2,1-8H3,(H2,21,22,24). The topological polar surface area (TPSA) is 88.1 Å². The number of aliphatic imine (C=N–C) groups is 1. The van der Waals surface area contributed by atoms with Gasteiger partial charge in [0.05, 0.1) is 17.2 Å². The summed E-state index contributed by atoms with van der Waals surface area (Å²) in [7, 11) is 1.73. The molecule has 2 N–H and O–H groups in total. The number of aryl methyl sites for hydroxylation is 1. The number of nitrogens with one attached hydrogen (secondary N) is 2. The van der Waals surface area contributed by atoms with Crippen molar-refractivity contribution in [2.24, 2.45) is 4.99 Å². The lowest BCUT2D eigenvalue weighted by molar-refractivity contribution is -0.0755. The van der Waals surface area contributed by atoms with Crippen molar-refractivity contribution in [3.63, 3.8) is 0 Å². The van der Waals surface area contributed by atoms with Crippen molar-refractivity contribution in [1.82, 2.24) is 20.5 Å². The summed E-state index contributed by atoms with van der Waals surface area (Å²) in [5.74, 6) is 0.680. The summed E-state index contributed by atoms with van der Waals surface area (Å²) in [5.41, 5.74) is -1.31. The van der Waals surface area contributed by atoms with Crippen LogP contribution < -0.4 is 10.6 Å². The molecule has 0 bridgehead atoms. The number of thiazole rings is 1. The second-order valence-electron chi connectivity index (χ2n) is 8.68. The molecule has 1 amide bonds. The largest absolute Gasteiger partial charge is 0.444 e. The van der Waals surface area contributed by atoms with Crippen LogP contribution in [0.1, 0.15) is 51.4 Å². The van der Waals surface area contributed by atoms with Gasteiger partial charge < -0.3 is 20.1 Å². The number of nitrogens with zero attached hydrogens (tertiary/aromatic N) is 3. The average Bonchev–Trinajstić information content (AvgIpc) is 3.08. The van der Waals surface area contributed by atoms with Crippen LogP contribution in [0.2, 0.25) is 0 Å². The fraction of sp³-hybridized carbons (Fsp3) is 0.750. The zero-order valence-electron chi connectivity index (χ0n) is 18.8. The molecule has 1 aromatic heterocycles. The highest BCUT2D eigenvalue weighted by atomic mass is 32.1. The second-order valence-corrected chi connectivity index (χ2v) is 10.0. The Labute approximate surface area is 178 Å². The molecule has 164 valence electrons. The molecule has 2 heterocycles.